The summed E-state index contributed by atoms with van der Waals surface area (Å²) >= 11 is 0. The molecule has 0 bridgehead atoms. The lowest BCUT2D eigenvalue weighted by Gasteiger charge is -2.06. The number of aryl methyl sites for hydroxylation is 1. The molecule has 4 nitrogen and oxygen atoms in total. The maximum Gasteiger partial charge on any atom is 0.267 e. The third kappa shape index (κ3) is 5.36. The Morgan fingerprint density at radius 1 is 1.00 bits per heavy atom. The second-order valence-corrected chi connectivity index (χ2v) is 7.02. The monoisotopic (exact) mass is 364 g/mol. The Bertz CT molecular complexity index is 898. The molecule has 2 N–H and O–H groups in total. The Balaban J connectivity index is 1.60. The quantitative estimate of drug-likeness (QED) is 0.460. The minimum Gasteiger partial charge on any atom is -0.457 e. The second-order valence-electron chi connectivity index (χ2n) is 7.02. The first-order valence-corrected chi connectivity index (χ1v) is 9.81. The number of aromatic nitrogens is 1. The summed E-state index contributed by atoms with van der Waals surface area (Å²) < 4.78 is 5.93. The third-order valence-corrected chi connectivity index (χ3v) is 4.63. The van der Waals surface area contributed by atoms with Crippen LogP contribution in [0.5, 0.6) is 11.5 Å². The highest BCUT2D eigenvalue weighted by Crippen LogP contribution is 2.26. The number of aromatic amines is 1. The van der Waals surface area contributed by atoms with Gasteiger partial charge < -0.3 is 15.0 Å². The molecule has 0 aliphatic heterocycles. The first kappa shape index (κ1) is 19.0. The van der Waals surface area contributed by atoms with Crippen LogP contribution in [0.25, 0.3) is 10.9 Å². The molecule has 0 saturated heterocycles. The highest BCUT2D eigenvalue weighted by atomic mass is 16.5. The molecule has 3 rings (SSSR count). The molecule has 1 aromatic heterocycles. The first-order chi connectivity index (χ1) is 13.2. The standard InChI is InChI=1S/C23H28N2O2/c1-3-4-5-6-7-13-24-23(26)22-16-18-15-20(11-12-21(18)25-22)27-19-10-8-9-17(2)14-19/h8-12,14-16,25H,3-7,13H2,1-2H3,(H,24,26). The van der Waals surface area contributed by atoms with Gasteiger partial charge in [-0.25, -0.2) is 0 Å². The van der Waals surface area contributed by atoms with Crippen molar-refractivity contribution in [1.82, 2.24) is 10.3 Å². The summed E-state index contributed by atoms with van der Waals surface area (Å²) in [6.45, 7) is 4.96. The van der Waals surface area contributed by atoms with E-state index >= 15 is 0 Å². The number of carbonyl (C=O) groups is 1. The number of benzene rings is 2. The van der Waals surface area contributed by atoms with Crippen molar-refractivity contribution in [2.24, 2.45) is 0 Å². The summed E-state index contributed by atoms with van der Waals surface area (Å²) in [6.07, 6.45) is 5.93. The molecule has 0 aliphatic carbocycles. The maximum absolute atomic E-state index is 12.3. The fourth-order valence-corrected chi connectivity index (χ4v) is 3.14. The number of amides is 1. The zero-order valence-electron chi connectivity index (χ0n) is 16.2. The van der Waals surface area contributed by atoms with E-state index in [0.717, 1.165) is 40.9 Å². The van der Waals surface area contributed by atoms with Crippen LogP contribution in [-0.4, -0.2) is 17.4 Å². The SMILES string of the molecule is CCCCCCCNC(=O)c1cc2cc(Oc3cccc(C)c3)ccc2[nH]1. The molecule has 142 valence electrons. The maximum atomic E-state index is 12.3. The summed E-state index contributed by atoms with van der Waals surface area (Å²) in [5.41, 5.74) is 2.68. The van der Waals surface area contributed by atoms with Crippen LogP contribution >= 0.6 is 0 Å². The van der Waals surface area contributed by atoms with Crippen molar-refractivity contribution in [2.75, 3.05) is 6.54 Å². The Morgan fingerprint density at radius 3 is 2.63 bits per heavy atom. The number of nitrogens with one attached hydrogen (secondary N) is 2. The highest BCUT2D eigenvalue weighted by molar-refractivity contribution is 5.98. The molecule has 0 radical (unpaired) electrons. The Labute approximate surface area is 160 Å². The van der Waals surface area contributed by atoms with Crippen LogP contribution in [0.15, 0.2) is 48.5 Å². The normalized spacial score (nSPS) is 10.9. The van der Waals surface area contributed by atoms with Crippen LogP contribution in [0.3, 0.4) is 0 Å². The lowest BCUT2D eigenvalue weighted by Crippen LogP contribution is -2.24. The smallest absolute Gasteiger partial charge is 0.267 e. The molecule has 1 amide bonds. The molecular formula is C23H28N2O2. The van der Waals surface area contributed by atoms with Gasteiger partial charge in [-0.05, 0) is 55.3 Å². The number of carbonyl (C=O) groups excluding carboxylic acids is 1. The van der Waals surface area contributed by atoms with Crippen LogP contribution in [0.4, 0.5) is 0 Å². The van der Waals surface area contributed by atoms with E-state index in [1.165, 1.54) is 25.7 Å². The Hall–Kier alpha value is -2.75. The van der Waals surface area contributed by atoms with Crippen molar-refractivity contribution in [3.8, 4) is 11.5 Å². The Morgan fingerprint density at radius 2 is 1.81 bits per heavy atom. The van der Waals surface area contributed by atoms with E-state index in [-0.39, 0.29) is 5.91 Å². The van der Waals surface area contributed by atoms with Gasteiger partial charge in [0, 0.05) is 17.4 Å². The topological polar surface area (TPSA) is 54.1 Å². The summed E-state index contributed by atoms with van der Waals surface area (Å²) in [7, 11) is 0. The molecule has 0 fully saturated rings. The molecule has 0 spiro atoms. The van der Waals surface area contributed by atoms with Crippen molar-refractivity contribution in [2.45, 2.75) is 46.0 Å². The van der Waals surface area contributed by atoms with Crippen LogP contribution in [0.2, 0.25) is 0 Å². The first-order valence-electron chi connectivity index (χ1n) is 9.81. The van der Waals surface area contributed by atoms with Crippen molar-refractivity contribution in [3.05, 3.63) is 59.8 Å². The van der Waals surface area contributed by atoms with Gasteiger partial charge in [0.05, 0.1) is 0 Å². The summed E-state index contributed by atoms with van der Waals surface area (Å²) in [4.78, 5) is 15.5. The molecule has 27 heavy (non-hydrogen) atoms. The van der Waals surface area contributed by atoms with E-state index < -0.39 is 0 Å². The predicted molar refractivity (Wildman–Crippen MR) is 111 cm³/mol. The van der Waals surface area contributed by atoms with E-state index in [9.17, 15) is 4.79 Å². The molecule has 4 heteroatoms. The average Bonchev–Trinajstić information content (AvgIpc) is 3.08. The fraction of sp³-hybridized carbons (Fsp3) is 0.348. The lowest BCUT2D eigenvalue weighted by molar-refractivity contribution is 0.0949. The van der Waals surface area contributed by atoms with Crippen molar-refractivity contribution in [1.29, 1.82) is 0 Å². The minimum absolute atomic E-state index is 0.0529. The van der Waals surface area contributed by atoms with Crippen LogP contribution in [0.1, 0.15) is 55.1 Å². The van der Waals surface area contributed by atoms with E-state index in [4.69, 9.17) is 4.74 Å². The molecule has 0 atom stereocenters. The zero-order chi connectivity index (χ0) is 19.1. The molecule has 3 aromatic rings. The molecular weight excluding hydrogens is 336 g/mol. The molecule has 1 heterocycles. The van der Waals surface area contributed by atoms with Gasteiger partial charge in [0.15, 0.2) is 0 Å². The predicted octanol–water partition coefficient (Wildman–Crippen LogP) is 5.97. The number of H-pyrrole nitrogens is 1. The molecule has 2 aromatic carbocycles. The van der Waals surface area contributed by atoms with Gasteiger partial charge in [-0.15, -0.1) is 0 Å². The van der Waals surface area contributed by atoms with Gasteiger partial charge in [-0.3, -0.25) is 4.79 Å². The molecule has 0 unspecified atom stereocenters. The summed E-state index contributed by atoms with van der Waals surface area (Å²) in [6, 6.07) is 15.6. The van der Waals surface area contributed by atoms with Crippen molar-refractivity contribution in [3.63, 3.8) is 0 Å². The van der Waals surface area contributed by atoms with Gasteiger partial charge in [0.25, 0.3) is 5.91 Å². The van der Waals surface area contributed by atoms with E-state index in [2.05, 4.69) is 17.2 Å². The van der Waals surface area contributed by atoms with Gasteiger partial charge in [-0.1, -0.05) is 44.7 Å². The van der Waals surface area contributed by atoms with Crippen LogP contribution in [0, 0.1) is 6.92 Å². The number of rotatable bonds is 9. The minimum atomic E-state index is -0.0529. The second kappa shape index (κ2) is 9.26. The number of hydrogen-bond acceptors (Lipinski definition) is 2. The number of fused-ring (bicyclic) bond motifs is 1. The largest absolute Gasteiger partial charge is 0.457 e. The number of ether oxygens (including phenoxy) is 1. The van der Waals surface area contributed by atoms with Crippen LogP contribution < -0.4 is 10.1 Å². The zero-order valence-corrected chi connectivity index (χ0v) is 16.2. The van der Waals surface area contributed by atoms with Crippen LogP contribution in [-0.2, 0) is 0 Å². The lowest BCUT2D eigenvalue weighted by atomic mass is 10.1. The molecule has 0 saturated carbocycles. The van der Waals surface area contributed by atoms with Gasteiger partial charge in [0.1, 0.15) is 17.2 Å². The van der Waals surface area contributed by atoms with Gasteiger partial charge >= 0.3 is 0 Å². The summed E-state index contributed by atoms with van der Waals surface area (Å²) in [5, 5.41) is 3.96. The van der Waals surface area contributed by atoms with Crippen molar-refractivity contribution < 1.29 is 9.53 Å². The van der Waals surface area contributed by atoms with Gasteiger partial charge in [0.2, 0.25) is 0 Å². The van der Waals surface area contributed by atoms with Crippen molar-refractivity contribution >= 4 is 16.8 Å². The number of hydrogen-bond donors (Lipinski definition) is 2. The van der Waals surface area contributed by atoms with E-state index in [0.29, 0.717) is 5.69 Å². The third-order valence-electron chi connectivity index (χ3n) is 4.63. The fourth-order valence-electron chi connectivity index (χ4n) is 3.14. The number of unbranched alkanes of at least 4 members (excludes halogenated alkanes) is 4. The average molecular weight is 364 g/mol. The van der Waals surface area contributed by atoms with E-state index in [1.54, 1.807) is 0 Å². The van der Waals surface area contributed by atoms with E-state index in [1.807, 2.05) is 55.5 Å². The summed E-state index contributed by atoms with van der Waals surface area (Å²) in [5.74, 6) is 1.52. The van der Waals surface area contributed by atoms with Gasteiger partial charge in [-0.2, -0.15) is 0 Å². The highest BCUT2D eigenvalue weighted by Gasteiger charge is 2.10. The molecule has 0 aliphatic rings. The Kier molecular flexibility index (Phi) is 6.53.